The van der Waals surface area contributed by atoms with Crippen LogP contribution in [0.5, 0.6) is 0 Å². The zero-order valence-corrected chi connectivity index (χ0v) is 18.5. The van der Waals surface area contributed by atoms with E-state index < -0.39 is 6.10 Å². The maximum Gasteiger partial charge on any atom is 0.146 e. The molecule has 0 radical (unpaired) electrons. The molecule has 6 nitrogen and oxygen atoms in total. The van der Waals surface area contributed by atoms with Crippen LogP contribution in [0.25, 0.3) is 0 Å². The zero-order chi connectivity index (χ0) is 22.0. The monoisotopic (exact) mass is 426 g/mol. The molecular formula is C24H31FN4O2. The predicted octanol–water partition coefficient (Wildman–Crippen LogP) is 3.86. The van der Waals surface area contributed by atoms with Crippen LogP contribution >= 0.6 is 0 Å². The molecule has 2 atom stereocenters. The topological polar surface area (TPSA) is 57.7 Å². The Morgan fingerprint density at radius 2 is 1.94 bits per heavy atom. The SMILES string of the molecule is Cc1ccc([C@@H](C)CCN2CCN(c3c(F)cccc3[C@@H](O)c3nccn3C)CC2)o1. The minimum Gasteiger partial charge on any atom is -0.466 e. The first-order chi connectivity index (χ1) is 14.9. The van der Waals surface area contributed by atoms with Crippen LogP contribution in [-0.2, 0) is 7.05 Å². The van der Waals surface area contributed by atoms with E-state index >= 15 is 0 Å². The van der Waals surface area contributed by atoms with Crippen molar-refractivity contribution in [3.8, 4) is 0 Å². The van der Waals surface area contributed by atoms with Gasteiger partial charge in [-0.25, -0.2) is 9.37 Å². The Balaban J connectivity index is 1.40. The Morgan fingerprint density at radius 1 is 1.16 bits per heavy atom. The molecule has 0 aliphatic carbocycles. The average molecular weight is 427 g/mol. The summed E-state index contributed by atoms with van der Waals surface area (Å²) in [6.45, 7) is 8.29. The molecule has 0 unspecified atom stereocenters. The van der Waals surface area contributed by atoms with E-state index in [1.807, 2.05) is 24.9 Å². The van der Waals surface area contributed by atoms with Crippen molar-refractivity contribution in [3.63, 3.8) is 0 Å². The van der Waals surface area contributed by atoms with Crippen LogP contribution in [-0.4, -0.2) is 52.3 Å². The molecular weight excluding hydrogens is 395 g/mol. The summed E-state index contributed by atoms with van der Waals surface area (Å²) in [6.07, 6.45) is 3.47. The molecule has 0 amide bonds. The Labute approximate surface area is 182 Å². The second-order valence-corrected chi connectivity index (χ2v) is 8.44. The van der Waals surface area contributed by atoms with Crippen LogP contribution in [0.4, 0.5) is 10.1 Å². The number of piperazine rings is 1. The number of nitrogens with zero attached hydrogens (tertiary/aromatic N) is 4. The lowest BCUT2D eigenvalue weighted by Gasteiger charge is -2.37. The molecule has 0 saturated carbocycles. The fourth-order valence-electron chi connectivity index (χ4n) is 4.30. The summed E-state index contributed by atoms with van der Waals surface area (Å²) in [5.41, 5.74) is 1.04. The largest absolute Gasteiger partial charge is 0.466 e. The lowest BCUT2D eigenvalue weighted by atomic mass is 10.0. The van der Waals surface area contributed by atoms with Crippen molar-refractivity contribution in [2.24, 2.45) is 7.05 Å². The standard InChI is InChI=1S/C24H31FN4O2/c1-17(21-8-7-18(2)31-21)9-11-28-13-15-29(16-14-28)22-19(5-4-6-20(22)25)23(30)24-26-10-12-27(24)3/h4-8,10,12,17,23,30H,9,11,13-16H2,1-3H3/t17-,23+/m0/s1. The van der Waals surface area contributed by atoms with Gasteiger partial charge in [0, 0.05) is 57.1 Å². The highest BCUT2D eigenvalue weighted by Gasteiger charge is 2.27. The number of halogens is 1. The normalized spacial score (nSPS) is 17.1. The summed E-state index contributed by atoms with van der Waals surface area (Å²) in [7, 11) is 1.83. The van der Waals surface area contributed by atoms with Crippen molar-refractivity contribution in [1.82, 2.24) is 14.5 Å². The molecule has 1 aromatic carbocycles. The minimum absolute atomic E-state index is 0.305. The van der Waals surface area contributed by atoms with Gasteiger partial charge in [-0.15, -0.1) is 0 Å². The van der Waals surface area contributed by atoms with Gasteiger partial charge in [0.1, 0.15) is 29.3 Å². The summed E-state index contributed by atoms with van der Waals surface area (Å²) in [4.78, 5) is 8.71. The van der Waals surface area contributed by atoms with E-state index in [1.54, 1.807) is 29.1 Å². The molecule has 3 heterocycles. The second kappa shape index (κ2) is 9.24. The van der Waals surface area contributed by atoms with Gasteiger partial charge in [-0.05, 0) is 38.1 Å². The Morgan fingerprint density at radius 3 is 2.58 bits per heavy atom. The molecule has 2 aromatic heterocycles. The molecule has 1 aliphatic heterocycles. The number of hydrogen-bond donors (Lipinski definition) is 1. The van der Waals surface area contributed by atoms with Crippen molar-refractivity contribution in [2.75, 3.05) is 37.6 Å². The molecule has 1 saturated heterocycles. The van der Waals surface area contributed by atoms with E-state index in [9.17, 15) is 9.50 Å². The predicted molar refractivity (Wildman–Crippen MR) is 119 cm³/mol. The third kappa shape index (κ3) is 4.67. The summed E-state index contributed by atoms with van der Waals surface area (Å²) < 4.78 is 22.4. The molecule has 0 bridgehead atoms. The Bertz CT molecular complexity index is 1010. The van der Waals surface area contributed by atoms with E-state index in [-0.39, 0.29) is 5.82 Å². The third-order valence-electron chi connectivity index (χ3n) is 6.23. The summed E-state index contributed by atoms with van der Waals surface area (Å²) in [5.74, 6) is 2.56. The highest BCUT2D eigenvalue weighted by atomic mass is 19.1. The van der Waals surface area contributed by atoms with Crippen molar-refractivity contribution in [1.29, 1.82) is 0 Å². The first-order valence-corrected chi connectivity index (χ1v) is 10.9. The molecule has 3 aromatic rings. The molecule has 31 heavy (non-hydrogen) atoms. The second-order valence-electron chi connectivity index (χ2n) is 8.44. The molecule has 0 spiro atoms. The highest BCUT2D eigenvalue weighted by molar-refractivity contribution is 5.57. The van der Waals surface area contributed by atoms with Gasteiger partial charge in [0.25, 0.3) is 0 Å². The average Bonchev–Trinajstić information content (AvgIpc) is 3.40. The van der Waals surface area contributed by atoms with Crippen LogP contribution in [0, 0.1) is 12.7 Å². The van der Waals surface area contributed by atoms with Crippen LogP contribution in [0.15, 0.2) is 47.1 Å². The van der Waals surface area contributed by atoms with E-state index in [1.165, 1.54) is 6.07 Å². The molecule has 1 N–H and O–H groups in total. The summed E-state index contributed by atoms with van der Waals surface area (Å²) >= 11 is 0. The van der Waals surface area contributed by atoms with E-state index in [2.05, 4.69) is 22.9 Å². The van der Waals surface area contributed by atoms with Gasteiger partial charge in [0.15, 0.2) is 0 Å². The Hall–Kier alpha value is -2.64. The lowest BCUT2D eigenvalue weighted by molar-refractivity contribution is 0.205. The van der Waals surface area contributed by atoms with Crippen LogP contribution in [0.2, 0.25) is 0 Å². The van der Waals surface area contributed by atoms with Crippen LogP contribution in [0.3, 0.4) is 0 Å². The molecule has 1 fully saturated rings. The Kier molecular flexibility index (Phi) is 6.43. The lowest BCUT2D eigenvalue weighted by Crippen LogP contribution is -2.47. The van der Waals surface area contributed by atoms with E-state index in [4.69, 9.17) is 4.42 Å². The number of aromatic nitrogens is 2. The van der Waals surface area contributed by atoms with Crippen molar-refractivity contribution < 1.29 is 13.9 Å². The van der Waals surface area contributed by atoms with E-state index in [0.717, 1.165) is 50.7 Å². The number of rotatable bonds is 7. The first-order valence-electron chi connectivity index (χ1n) is 10.9. The van der Waals surface area contributed by atoms with Crippen LogP contribution < -0.4 is 4.90 Å². The smallest absolute Gasteiger partial charge is 0.146 e. The van der Waals surface area contributed by atoms with E-state index in [0.29, 0.717) is 23.0 Å². The van der Waals surface area contributed by atoms with Gasteiger partial charge >= 0.3 is 0 Å². The number of furan rings is 1. The van der Waals surface area contributed by atoms with Crippen molar-refractivity contribution in [2.45, 2.75) is 32.3 Å². The maximum atomic E-state index is 14.9. The van der Waals surface area contributed by atoms with Crippen molar-refractivity contribution >= 4 is 5.69 Å². The van der Waals surface area contributed by atoms with Gasteiger partial charge in [-0.1, -0.05) is 19.1 Å². The van der Waals surface area contributed by atoms with Gasteiger partial charge in [0.05, 0.1) is 5.69 Å². The quantitative estimate of drug-likeness (QED) is 0.622. The number of anilines is 1. The third-order valence-corrected chi connectivity index (χ3v) is 6.23. The minimum atomic E-state index is -0.971. The van der Waals surface area contributed by atoms with Gasteiger partial charge in [-0.2, -0.15) is 0 Å². The molecule has 4 rings (SSSR count). The highest BCUT2D eigenvalue weighted by Crippen LogP contribution is 2.33. The number of aryl methyl sites for hydroxylation is 2. The summed E-state index contributed by atoms with van der Waals surface area (Å²) in [6, 6.07) is 8.97. The van der Waals surface area contributed by atoms with Gasteiger partial charge in [0.2, 0.25) is 0 Å². The number of aliphatic hydroxyl groups is 1. The van der Waals surface area contributed by atoms with Gasteiger partial charge in [-0.3, -0.25) is 4.90 Å². The molecule has 7 heteroatoms. The number of imidazole rings is 1. The van der Waals surface area contributed by atoms with Crippen molar-refractivity contribution in [3.05, 3.63) is 71.5 Å². The number of aliphatic hydroxyl groups excluding tert-OH is 1. The number of benzene rings is 1. The maximum absolute atomic E-state index is 14.9. The summed E-state index contributed by atoms with van der Waals surface area (Å²) in [5, 5.41) is 10.9. The van der Waals surface area contributed by atoms with Gasteiger partial charge < -0.3 is 19.0 Å². The van der Waals surface area contributed by atoms with Crippen LogP contribution in [0.1, 0.15) is 48.3 Å². The fraction of sp³-hybridized carbons (Fsp3) is 0.458. The fourth-order valence-corrected chi connectivity index (χ4v) is 4.30. The molecule has 1 aliphatic rings. The zero-order valence-electron chi connectivity index (χ0n) is 18.5. The first kappa shape index (κ1) is 21.6. The molecule has 166 valence electrons. The number of para-hydroxylation sites is 1. The number of hydrogen-bond acceptors (Lipinski definition) is 5.